The van der Waals surface area contributed by atoms with Crippen molar-refractivity contribution in [1.29, 1.82) is 0 Å². The molecule has 0 atom stereocenters. The van der Waals surface area contributed by atoms with E-state index >= 15 is 0 Å². The van der Waals surface area contributed by atoms with E-state index in [9.17, 15) is 0 Å². The summed E-state index contributed by atoms with van der Waals surface area (Å²) in [7, 11) is 0. The van der Waals surface area contributed by atoms with Gasteiger partial charge < -0.3 is 9.64 Å². The van der Waals surface area contributed by atoms with Crippen LogP contribution in [-0.4, -0.2) is 37.2 Å². The Morgan fingerprint density at radius 2 is 1.88 bits per heavy atom. The van der Waals surface area contributed by atoms with Gasteiger partial charge in [0.05, 0.1) is 0 Å². The lowest BCUT2D eigenvalue weighted by molar-refractivity contribution is 0.115. The van der Waals surface area contributed by atoms with Crippen LogP contribution in [0.2, 0.25) is 0 Å². The van der Waals surface area contributed by atoms with Crippen LogP contribution < -0.4 is 0 Å². The molecule has 16 heavy (non-hydrogen) atoms. The van der Waals surface area contributed by atoms with Gasteiger partial charge in [-0.15, -0.1) is 0 Å². The Morgan fingerprint density at radius 1 is 1.19 bits per heavy atom. The van der Waals surface area contributed by atoms with Crippen molar-refractivity contribution < 1.29 is 4.74 Å². The second kappa shape index (κ2) is 8.08. The first-order chi connectivity index (χ1) is 7.74. The Bertz CT molecular complexity index is 166. The minimum atomic E-state index is 0.814. The van der Waals surface area contributed by atoms with Crippen LogP contribution in [0.5, 0.6) is 0 Å². The SMILES string of the molecule is CCN(CCCOCCCC(C)C)C1CC1. The molecule has 0 bridgehead atoms. The predicted octanol–water partition coefficient (Wildman–Crippen LogP) is 3.31. The van der Waals surface area contributed by atoms with Crippen LogP contribution in [0.4, 0.5) is 0 Å². The van der Waals surface area contributed by atoms with E-state index in [4.69, 9.17) is 4.74 Å². The second-order valence-electron chi connectivity index (χ2n) is 5.36. The summed E-state index contributed by atoms with van der Waals surface area (Å²) >= 11 is 0. The third kappa shape index (κ3) is 6.49. The van der Waals surface area contributed by atoms with Crippen molar-refractivity contribution in [2.75, 3.05) is 26.3 Å². The molecule has 1 saturated carbocycles. The van der Waals surface area contributed by atoms with Crippen LogP contribution in [0.15, 0.2) is 0 Å². The molecule has 0 aromatic carbocycles. The molecule has 0 aromatic heterocycles. The van der Waals surface area contributed by atoms with Gasteiger partial charge in [-0.2, -0.15) is 0 Å². The molecule has 0 heterocycles. The van der Waals surface area contributed by atoms with Crippen LogP contribution in [0.25, 0.3) is 0 Å². The number of ether oxygens (including phenoxy) is 1. The minimum absolute atomic E-state index is 0.814. The van der Waals surface area contributed by atoms with Crippen molar-refractivity contribution in [1.82, 2.24) is 4.90 Å². The molecule has 2 heteroatoms. The van der Waals surface area contributed by atoms with E-state index in [0.717, 1.165) is 25.2 Å². The van der Waals surface area contributed by atoms with E-state index in [2.05, 4.69) is 25.7 Å². The molecule has 0 amide bonds. The van der Waals surface area contributed by atoms with E-state index < -0.39 is 0 Å². The molecule has 96 valence electrons. The molecule has 1 fully saturated rings. The molecule has 1 aliphatic rings. The average molecular weight is 227 g/mol. The van der Waals surface area contributed by atoms with Crippen LogP contribution in [0.1, 0.15) is 52.9 Å². The summed E-state index contributed by atoms with van der Waals surface area (Å²) in [5.41, 5.74) is 0. The fraction of sp³-hybridized carbons (Fsp3) is 1.00. The van der Waals surface area contributed by atoms with Crippen LogP contribution >= 0.6 is 0 Å². The predicted molar refractivity (Wildman–Crippen MR) is 69.8 cm³/mol. The van der Waals surface area contributed by atoms with Crippen LogP contribution in [0, 0.1) is 5.92 Å². The van der Waals surface area contributed by atoms with E-state index in [0.29, 0.717) is 0 Å². The van der Waals surface area contributed by atoms with Crippen LogP contribution in [0.3, 0.4) is 0 Å². The standard InChI is InChI=1S/C14H29NO/c1-4-15(14-8-9-14)10-6-12-16-11-5-7-13(2)3/h13-14H,4-12H2,1-3H3. The van der Waals surface area contributed by atoms with Crippen LogP contribution in [-0.2, 0) is 4.74 Å². The number of hydrogen-bond donors (Lipinski definition) is 0. The highest BCUT2D eigenvalue weighted by atomic mass is 16.5. The highest BCUT2D eigenvalue weighted by Crippen LogP contribution is 2.26. The summed E-state index contributed by atoms with van der Waals surface area (Å²) in [6, 6.07) is 0.908. The smallest absolute Gasteiger partial charge is 0.0478 e. The highest BCUT2D eigenvalue weighted by molar-refractivity contribution is 4.83. The maximum atomic E-state index is 5.65. The zero-order chi connectivity index (χ0) is 11.8. The normalized spacial score (nSPS) is 16.3. The van der Waals surface area contributed by atoms with Crippen molar-refractivity contribution in [2.45, 2.75) is 58.9 Å². The van der Waals surface area contributed by atoms with Gasteiger partial charge in [0.1, 0.15) is 0 Å². The van der Waals surface area contributed by atoms with Gasteiger partial charge in [0.15, 0.2) is 0 Å². The van der Waals surface area contributed by atoms with E-state index in [1.54, 1.807) is 0 Å². The zero-order valence-corrected chi connectivity index (χ0v) is 11.4. The zero-order valence-electron chi connectivity index (χ0n) is 11.4. The second-order valence-corrected chi connectivity index (χ2v) is 5.36. The monoisotopic (exact) mass is 227 g/mol. The Hall–Kier alpha value is -0.0800. The van der Waals surface area contributed by atoms with Gasteiger partial charge >= 0.3 is 0 Å². The lowest BCUT2D eigenvalue weighted by atomic mass is 10.1. The third-order valence-electron chi connectivity index (χ3n) is 3.27. The van der Waals surface area contributed by atoms with Crippen molar-refractivity contribution in [3.8, 4) is 0 Å². The summed E-state index contributed by atoms with van der Waals surface area (Å²) in [6.07, 6.45) is 6.55. The van der Waals surface area contributed by atoms with Gasteiger partial charge in [-0.1, -0.05) is 20.8 Å². The van der Waals surface area contributed by atoms with Crippen molar-refractivity contribution in [2.24, 2.45) is 5.92 Å². The van der Waals surface area contributed by atoms with Crippen molar-refractivity contribution >= 4 is 0 Å². The molecule has 2 nitrogen and oxygen atoms in total. The largest absolute Gasteiger partial charge is 0.381 e. The fourth-order valence-corrected chi connectivity index (χ4v) is 2.10. The molecule has 0 N–H and O–H groups in total. The lowest BCUT2D eigenvalue weighted by Crippen LogP contribution is -2.27. The first-order valence-corrected chi connectivity index (χ1v) is 7.05. The summed E-state index contributed by atoms with van der Waals surface area (Å²) in [5, 5.41) is 0. The van der Waals surface area contributed by atoms with E-state index in [1.807, 2.05) is 0 Å². The van der Waals surface area contributed by atoms with Gasteiger partial charge in [-0.3, -0.25) is 0 Å². The molecule has 0 spiro atoms. The van der Waals surface area contributed by atoms with E-state index in [-0.39, 0.29) is 0 Å². The number of hydrogen-bond acceptors (Lipinski definition) is 2. The molecule has 0 unspecified atom stereocenters. The van der Waals surface area contributed by atoms with Gasteiger partial charge in [-0.25, -0.2) is 0 Å². The van der Waals surface area contributed by atoms with Crippen molar-refractivity contribution in [3.63, 3.8) is 0 Å². The molecule has 0 radical (unpaired) electrons. The Labute approximate surface area is 101 Å². The summed E-state index contributed by atoms with van der Waals surface area (Å²) < 4.78 is 5.65. The third-order valence-corrected chi connectivity index (χ3v) is 3.27. The minimum Gasteiger partial charge on any atom is -0.381 e. The quantitative estimate of drug-likeness (QED) is 0.531. The first kappa shape index (κ1) is 14.0. The van der Waals surface area contributed by atoms with Crippen molar-refractivity contribution in [3.05, 3.63) is 0 Å². The maximum absolute atomic E-state index is 5.65. The Kier molecular flexibility index (Phi) is 7.06. The molecule has 0 saturated heterocycles. The van der Waals surface area contributed by atoms with Gasteiger partial charge in [0.25, 0.3) is 0 Å². The molecule has 0 aliphatic heterocycles. The molecular formula is C14H29NO. The number of rotatable bonds is 10. The highest BCUT2D eigenvalue weighted by Gasteiger charge is 2.26. The molecular weight excluding hydrogens is 198 g/mol. The summed E-state index contributed by atoms with van der Waals surface area (Å²) in [6.45, 7) is 11.1. The molecule has 0 aromatic rings. The molecule has 1 aliphatic carbocycles. The van der Waals surface area contributed by atoms with Gasteiger partial charge in [0, 0.05) is 25.8 Å². The fourth-order valence-electron chi connectivity index (χ4n) is 2.10. The molecule has 1 rings (SSSR count). The number of nitrogens with zero attached hydrogens (tertiary/aromatic N) is 1. The van der Waals surface area contributed by atoms with E-state index in [1.165, 1.54) is 45.2 Å². The van der Waals surface area contributed by atoms with Gasteiger partial charge in [-0.05, 0) is 44.6 Å². The topological polar surface area (TPSA) is 12.5 Å². The average Bonchev–Trinajstić information content (AvgIpc) is 3.05. The van der Waals surface area contributed by atoms with Gasteiger partial charge in [0.2, 0.25) is 0 Å². The first-order valence-electron chi connectivity index (χ1n) is 7.05. The summed E-state index contributed by atoms with van der Waals surface area (Å²) in [4.78, 5) is 2.59. The summed E-state index contributed by atoms with van der Waals surface area (Å²) in [5.74, 6) is 0.814. The Morgan fingerprint density at radius 3 is 2.44 bits per heavy atom. The maximum Gasteiger partial charge on any atom is 0.0478 e. The Balaban J connectivity index is 1.83. The lowest BCUT2D eigenvalue weighted by Gasteiger charge is -2.19.